The highest BCUT2D eigenvalue weighted by Gasteiger charge is 2.41. The zero-order valence-electron chi connectivity index (χ0n) is 6.01. The van der Waals surface area contributed by atoms with Gasteiger partial charge in [-0.25, -0.2) is 0 Å². The summed E-state index contributed by atoms with van der Waals surface area (Å²) in [7, 11) is 0. The highest BCUT2D eigenvalue weighted by Crippen LogP contribution is 2.50. The van der Waals surface area contributed by atoms with Gasteiger partial charge in [0.1, 0.15) is 0 Å². The van der Waals surface area contributed by atoms with Crippen LogP contribution in [-0.4, -0.2) is 0 Å². The molecule has 1 saturated carbocycles. The molecule has 0 nitrogen and oxygen atoms in total. The van der Waals surface area contributed by atoms with Gasteiger partial charge in [0.15, 0.2) is 0 Å². The molecule has 50 valence electrons. The van der Waals surface area contributed by atoms with E-state index in [-0.39, 0.29) is 0 Å². The number of allylic oxidation sites excluding steroid dienone is 2. The third-order valence-corrected chi connectivity index (χ3v) is 2.85. The Hall–Kier alpha value is -0.260. The zero-order chi connectivity index (χ0) is 6.27. The van der Waals surface area contributed by atoms with Crippen molar-refractivity contribution in [3.05, 3.63) is 12.2 Å². The highest BCUT2D eigenvalue weighted by molar-refractivity contribution is 5.17. The Morgan fingerprint density at radius 3 is 2.67 bits per heavy atom. The van der Waals surface area contributed by atoms with Gasteiger partial charge in [0, 0.05) is 0 Å². The minimum Gasteiger partial charge on any atom is -0.0845 e. The summed E-state index contributed by atoms with van der Waals surface area (Å²) in [5.41, 5.74) is 0. The van der Waals surface area contributed by atoms with Crippen molar-refractivity contribution in [3.63, 3.8) is 0 Å². The van der Waals surface area contributed by atoms with E-state index < -0.39 is 0 Å². The van der Waals surface area contributed by atoms with Crippen LogP contribution in [0.2, 0.25) is 0 Å². The number of rotatable bonds is 2. The van der Waals surface area contributed by atoms with E-state index in [1.807, 2.05) is 0 Å². The van der Waals surface area contributed by atoms with Crippen LogP contribution in [0.5, 0.6) is 0 Å². The molecular formula is C9H14. The van der Waals surface area contributed by atoms with Crippen molar-refractivity contribution in [3.8, 4) is 0 Å². The van der Waals surface area contributed by atoms with Crippen LogP contribution in [0, 0.1) is 17.8 Å². The topological polar surface area (TPSA) is 0 Å². The lowest BCUT2D eigenvalue weighted by atomic mass is 9.57. The van der Waals surface area contributed by atoms with Crippen LogP contribution in [0.15, 0.2) is 12.2 Å². The molecule has 2 aliphatic carbocycles. The molecule has 0 heterocycles. The van der Waals surface area contributed by atoms with Gasteiger partial charge < -0.3 is 0 Å². The molecule has 9 heavy (non-hydrogen) atoms. The van der Waals surface area contributed by atoms with Gasteiger partial charge in [-0.2, -0.15) is 0 Å². The molecule has 1 fully saturated rings. The molecule has 0 aliphatic heterocycles. The molecule has 0 aromatic heterocycles. The zero-order valence-corrected chi connectivity index (χ0v) is 6.01. The molecule has 0 N–H and O–H groups in total. The molecule has 3 atom stereocenters. The van der Waals surface area contributed by atoms with Crippen LogP contribution in [0.1, 0.15) is 26.2 Å². The summed E-state index contributed by atoms with van der Waals surface area (Å²) < 4.78 is 0. The fourth-order valence-corrected chi connectivity index (χ4v) is 2.13. The summed E-state index contributed by atoms with van der Waals surface area (Å²) in [5.74, 6) is 3.11. The van der Waals surface area contributed by atoms with E-state index >= 15 is 0 Å². The highest BCUT2D eigenvalue weighted by atomic mass is 14.5. The van der Waals surface area contributed by atoms with Crippen LogP contribution >= 0.6 is 0 Å². The molecule has 0 spiro atoms. The van der Waals surface area contributed by atoms with Crippen molar-refractivity contribution in [1.82, 2.24) is 0 Å². The van der Waals surface area contributed by atoms with E-state index in [1.165, 1.54) is 19.3 Å². The van der Waals surface area contributed by atoms with Crippen LogP contribution < -0.4 is 0 Å². The Bertz CT molecular complexity index is 135. The van der Waals surface area contributed by atoms with E-state index in [2.05, 4.69) is 19.1 Å². The summed E-state index contributed by atoms with van der Waals surface area (Å²) >= 11 is 0. The molecule has 0 radical (unpaired) electrons. The van der Waals surface area contributed by atoms with Crippen LogP contribution in [-0.2, 0) is 0 Å². The first-order chi connectivity index (χ1) is 4.42. The largest absolute Gasteiger partial charge is 0.0845 e. The number of hydrogen-bond donors (Lipinski definition) is 0. The van der Waals surface area contributed by atoms with Crippen LogP contribution in [0.3, 0.4) is 0 Å². The molecule has 0 bridgehead atoms. The first-order valence-electron chi connectivity index (χ1n) is 4.10. The van der Waals surface area contributed by atoms with Gasteiger partial charge in [0.2, 0.25) is 0 Å². The standard InChI is InChI=1S/C9H14/c1-2-3-7-6-8-4-5-9(7)8/h4-5,7-9H,2-3,6H2,1H3. The first-order valence-corrected chi connectivity index (χ1v) is 4.10. The Labute approximate surface area is 57.0 Å². The van der Waals surface area contributed by atoms with Crippen molar-refractivity contribution >= 4 is 0 Å². The third kappa shape index (κ3) is 0.654. The minimum absolute atomic E-state index is 1.02. The second-order valence-corrected chi connectivity index (χ2v) is 3.41. The van der Waals surface area contributed by atoms with Crippen molar-refractivity contribution < 1.29 is 0 Å². The Kier molecular flexibility index (Phi) is 1.14. The van der Waals surface area contributed by atoms with Crippen LogP contribution in [0.25, 0.3) is 0 Å². The predicted octanol–water partition coefficient (Wildman–Crippen LogP) is 2.61. The van der Waals surface area contributed by atoms with Gasteiger partial charge >= 0.3 is 0 Å². The predicted molar refractivity (Wildman–Crippen MR) is 39.1 cm³/mol. The maximum absolute atomic E-state index is 2.40. The number of hydrogen-bond acceptors (Lipinski definition) is 0. The van der Waals surface area contributed by atoms with Crippen molar-refractivity contribution in [1.29, 1.82) is 0 Å². The van der Waals surface area contributed by atoms with E-state index in [9.17, 15) is 0 Å². The van der Waals surface area contributed by atoms with Crippen molar-refractivity contribution in [2.75, 3.05) is 0 Å². The molecule has 0 aromatic rings. The van der Waals surface area contributed by atoms with E-state index in [0.29, 0.717) is 0 Å². The van der Waals surface area contributed by atoms with Gasteiger partial charge in [0.25, 0.3) is 0 Å². The SMILES string of the molecule is CCCC1CC2C=CC21. The van der Waals surface area contributed by atoms with Crippen molar-refractivity contribution in [2.45, 2.75) is 26.2 Å². The lowest BCUT2D eigenvalue weighted by molar-refractivity contribution is 0.115. The lowest BCUT2D eigenvalue weighted by Crippen LogP contribution is -2.39. The van der Waals surface area contributed by atoms with Gasteiger partial charge in [-0.15, -0.1) is 0 Å². The number of fused-ring (bicyclic) bond motifs is 1. The quantitative estimate of drug-likeness (QED) is 0.494. The first kappa shape index (κ1) is 5.52. The minimum atomic E-state index is 1.02. The molecule has 0 heteroatoms. The molecule has 0 saturated heterocycles. The smallest absolute Gasteiger partial charge is 0.0142 e. The second kappa shape index (κ2) is 1.86. The molecular weight excluding hydrogens is 108 g/mol. The third-order valence-electron chi connectivity index (χ3n) is 2.85. The van der Waals surface area contributed by atoms with Crippen LogP contribution in [0.4, 0.5) is 0 Å². The summed E-state index contributed by atoms with van der Waals surface area (Å²) in [6.07, 6.45) is 9.10. The maximum atomic E-state index is 2.40. The fraction of sp³-hybridized carbons (Fsp3) is 0.778. The molecule has 0 aromatic carbocycles. The summed E-state index contributed by atoms with van der Waals surface area (Å²) in [5, 5.41) is 0. The average molecular weight is 122 g/mol. The molecule has 0 amide bonds. The molecule has 2 aliphatic rings. The fourth-order valence-electron chi connectivity index (χ4n) is 2.13. The Morgan fingerprint density at radius 1 is 1.44 bits per heavy atom. The summed E-state index contributed by atoms with van der Waals surface area (Å²) in [6, 6.07) is 0. The van der Waals surface area contributed by atoms with E-state index in [1.54, 1.807) is 0 Å². The van der Waals surface area contributed by atoms with Gasteiger partial charge in [-0.1, -0.05) is 31.9 Å². The lowest BCUT2D eigenvalue weighted by Gasteiger charge is -2.47. The molecule has 3 unspecified atom stereocenters. The average Bonchev–Trinajstić information content (AvgIpc) is 1.82. The molecule has 2 rings (SSSR count). The summed E-state index contributed by atoms with van der Waals surface area (Å²) in [4.78, 5) is 0. The monoisotopic (exact) mass is 122 g/mol. The summed E-state index contributed by atoms with van der Waals surface area (Å²) in [6.45, 7) is 2.29. The van der Waals surface area contributed by atoms with E-state index in [4.69, 9.17) is 0 Å². The van der Waals surface area contributed by atoms with Gasteiger partial charge in [-0.3, -0.25) is 0 Å². The Morgan fingerprint density at radius 2 is 2.33 bits per heavy atom. The normalized spacial score (nSPS) is 45.2. The van der Waals surface area contributed by atoms with Gasteiger partial charge in [-0.05, 0) is 24.2 Å². The second-order valence-electron chi connectivity index (χ2n) is 3.41. The van der Waals surface area contributed by atoms with Crippen molar-refractivity contribution in [2.24, 2.45) is 17.8 Å². The Balaban J connectivity index is 1.85. The maximum Gasteiger partial charge on any atom is -0.0142 e. The van der Waals surface area contributed by atoms with E-state index in [0.717, 1.165) is 17.8 Å². The van der Waals surface area contributed by atoms with Gasteiger partial charge in [0.05, 0.1) is 0 Å².